The number of rotatable bonds is 7. The first kappa shape index (κ1) is 14.1. The second-order valence-electron chi connectivity index (χ2n) is 4.62. The smallest absolute Gasteiger partial charge is 0.228 e. The van der Waals surface area contributed by atoms with E-state index >= 15 is 0 Å². The highest BCUT2D eigenvalue weighted by atomic mass is 16.5. The fourth-order valence-corrected chi connectivity index (χ4v) is 1.69. The van der Waals surface area contributed by atoms with Crippen LogP contribution in [-0.2, 0) is 16.8 Å². The summed E-state index contributed by atoms with van der Waals surface area (Å²) in [5, 5.41) is 7.29. The van der Waals surface area contributed by atoms with E-state index in [2.05, 4.69) is 29.3 Å². The molecule has 1 heterocycles. The van der Waals surface area contributed by atoms with E-state index < -0.39 is 5.60 Å². The molecule has 1 rings (SSSR count). The average Bonchev–Trinajstić information content (AvgIpc) is 2.67. The van der Waals surface area contributed by atoms with Gasteiger partial charge >= 0.3 is 0 Å². The summed E-state index contributed by atoms with van der Waals surface area (Å²) >= 11 is 0. The van der Waals surface area contributed by atoms with Gasteiger partial charge in [-0.3, -0.25) is 0 Å². The zero-order valence-electron chi connectivity index (χ0n) is 11.4. The Labute approximate surface area is 103 Å². The lowest BCUT2D eigenvalue weighted by Gasteiger charge is -2.19. The number of hydrogen-bond donors (Lipinski definition) is 1. The molecule has 98 valence electrons. The Morgan fingerprint density at radius 1 is 1.41 bits per heavy atom. The number of nitrogens with zero attached hydrogens (tertiary/aromatic N) is 2. The first-order chi connectivity index (χ1) is 7.99. The van der Waals surface area contributed by atoms with Crippen LogP contribution in [0.2, 0.25) is 0 Å². The zero-order valence-corrected chi connectivity index (χ0v) is 11.4. The normalized spacial score (nSPS) is 13.9. The molecule has 5 nitrogen and oxygen atoms in total. The van der Waals surface area contributed by atoms with E-state index in [0.29, 0.717) is 24.4 Å². The molecule has 0 aliphatic carbocycles. The molecule has 0 spiro atoms. The van der Waals surface area contributed by atoms with Gasteiger partial charge in [-0.2, -0.15) is 4.98 Å². The van der Waals surface area contributed by atoms with E-state index in [9.17, 15) is 0 Å². The summed E-state index contributed by atoms with van der Waals surface area (Å²) in [6.07, 6.45) is 0.739. The molecular formula is C12H23N3O2. The predicted molar refractivity (Wildman–Crippen MR) is 65.8 cm³/mol. The maximum Gasteiger partial charge on any atom is 0.228 e. The molecule has 1 unspecified atom stereocenters. The Balaban J connectivity index is 2.64. The quantitative estimate of drug-likeness (QED) is 0.789. The zero-order chi connectivity index (χ0) is 12.9. The summed E-state index contributed by atoms with van der Waals surface area (Å²) < 4.78 is 10.8. The van der Waals surface area contributed by atoms with Gasteiger partial charge in [-0.1, -0.05) is 12.1 Å². The molecule has 0 aliphatic heterocycles. The van der Waals surface area contributed by atoms with Crippen molar-refractivity contribution in [1.82, 2.24) is 15.5 Å². The minimum atomic E-state index is -0.488. The van der Waals surface area contributed by atoms with E-state index in [1.165, 1.54) is 0 Å². The third-order valence-corrected chi connectivity index (χ3v) is 2.55. The number of ether oxygens (including phenoxy) is 1. The van der Waals surface area contributed by atoms with Crippen LogP contribution < -0.4 is 5.32 Å². The van der Waals surface area contributed by atoms with E-state index in [-0.39, 0.29) is 0 Å². The van der Waals surface area contributed by atoms with Crippen LogP contribution in [0, 0.1) is 0 Å². The van der Waals surface area contributed by atoms with Gasteiger partial charge in [0.2, 0.25) is 11.7 Å². The molecule has 0 saturated heterocycles. The van der Waals surface area contributed by atoms with Crippen molar-refractivity contribution in [3.8, 4) is 0 Å². The second kappa shape index (κ2) is 6.12. The lowest BCUT2D eigenvalue weighted by atomic mass is 10.1. The molecular weight excluding hydrogens is 218 g/mol. The minimum absolute atomic E-state index is 0.337. The van der Waals surface area contributed by atoms with Gasteiger partial charge in [-0.25, -0.2) is 0 Å². The third kappa shape index (κ3) is 4.09. The topological polar surface area (TPSA) is 60.2 Å². The van der Waals surface area contributed by atoms with E-state index in [0.717, 1.165) is 13.0 Å². The van der Waals surface area contributed by atoms with Crippen LogP contribution in [0.5, 0.6) is 0 Å². The highest BCUT2D eigenvalue weighted by Crippen LogP contribution is 2.21. The van der Waals surface area contributed by atoms with E-state index in [4.69, 9.17) is 9.26 Å². The summed E-state index contributed by atoms with van der Waals surface area (Å²) in [5.41, 5.74) is -0.488. The number of hydrogen-bond acceptors (Lipinski definition) is 5. The summed E-state index contributed by atoms with van der Waals surface area (Å²) in [4.78, 5) is 4.38. The molecule has 17 heavy (non-hydrogen) atoms. The Morgan fingerprint density at radius 3 is 2.71 bits per heavy atom. The van der Waals surface area contributed by atoms with Gasteiger partial charge in [0.1, 0.15) is 5.60 Å². The van der Waals surface area contributed by atoms with Crippen molar-refractivity contribution >= 4 is 0 Å². The van der Waals surface area contributed by atoms with Gasteiger partial charge < -0.3 is 14.6 Å². The largest absolute Gasteiger partial charge is 0.368 e. The fourth-order valence-electron chi connectivity index (χ4n) is 1.69. The maximum atomic E-state index is 5.58. The van der Waals surface area contributed by atoms with Crippen LogP contribution in [0.3, 0.4) is 0 Å². The van der Waals surface area contributed by atoms with Gasteiger partial charge in [0.05, 0.1) is 0 Å². The first-order valence-electron chi connectivity index (χ1n) is 6.20. The van der Waals surface area contributed by atoms with Crippen LogP contribution in [0.1, 0.15) is 46.3 Å². The lowest BCUT2D eigenvalue weighted by molar-refractivity contribution is -0.0221. The molecule has 0 fully saturated rings. The monoisotopic (exact) mass is 241 g/mol. The van der Waals surface area contributed by atoms with Crippen LogP contribution >= 0.6 is 0 Å². The first-order valence-corrected chi connectivity index (χ1v) is 6.20. The molecule has 1 atom stereocenters. The molecule has 0 saturated carbocycles. The van der Waals surface area contributed by atoms with E-state index in [1.54, 1.807) is 0 Å². The van der Waals surface area contributed by atoms with Crippen molar-refractivity contribution in [2.45, 2.75) is 52.7 Å². The summed E-state index contributed by atoms with van der Waals surface area (Å²) in [6.45, 7) is 11.6. The molecule has 1 aromatic rings. The van der Waals surface area contributed by atoms with Crippen molar-refractivity contribution < 1.29 is 9.26 Å². The molecule has 0 aromatic carbocycles. The molecule has 1 aromatic heterocycles. The maximum absolute atomic E-state index is 5.58. The van der Waals surface area contributed by atoms with Crippen molar-refractivity contribution in [2.75, 3.05) is 13.2 Å². The fraction of sp³-hybridized carbons (Fsp3) is 0.833. The molecule has 0 radical (unpaired) electrons. The molecule has 0 bridgehead atoms. The second-order valence-corrected chi connectivity index (χ2v) is 4.62. The van der Waals surface area contributed by atoms with Gasteiger partial charge in [0.25, 0.3) is 0 Å². The third-order valence-electron chi connectivity index (χ3n) is 2.55. The van der Waals surface area contributed by atoms with Crippen molar-refractivity contribution in [3.05, 3.63) is 11.7 Å². The standard InChI is InChI=1S/C12H23N3O2/c1-6-13-9(3)8-10-14-11(15-17-10)12(4,5)16-7-2/h9,13H,6-8H2,1-5H3. The van der Waals surface area contributed by atoms with Gasteiger partial charge in [-0.05, 0) is 34.2 Å². The lowest BCUT2D eigenvalue weighted by Crippen LogP contribution is -2.28. The highest BCUT2D eigenvalue weighted by Gasteiger charge is 2.27. The highest BCUT2D eigenvalue weighted by molar-refractivity contribution is 4.98. The minimum Gasteiger partial charge on any atom is -0.368 e. The molecule has 0 amide bonds. The number of nitrogens with one attached hydrogen (secondary N) is 1. The SMILES string of the molecule is CCNC(C)Cc1nc(C(C)(C)OCC)no1. The number of aromatic nitrogens is 2. The number of likely N-dealkylation sites (N-methyl/N-ethyl adjacent to an activating group) is 1. The van der Waals surface area contributed by atoms with Gasteiger partial charge in [-0.15, -0.1) is 0 Å². The van der Waals surface area contributed by atoms with Gasteiger partial charge in [0.15, 0.2) is 0 Å². The summed E-state index contributed by atoms with van der Waals surface area (Å²) in [5.74, 6) is 1.26. The average molecular weight is 241 g/mol. The summed E-state index contributed by atoms with van der Waals surface area (Å²) in [6, 6.07) is 0.337. The molecule has 5 heteroatoms. The Morgan fingerprint density at radius 2 is 2.12 bits per heavy atom. The van der Waals surface area contributed by atoms with Crippen LogP contribution in [0.4, 0.5) is 0 Å². The Bertz CT molecular complexity index is 336. The molecule has 1 N–H and O–H groups in total. The van der Waals surface area contributed by atoms with Crippen LogP contribution in [0.15, 0.2) is 4.52 Å². The van der Waals surface area contributed by atoms with Crippen LogP contribution in [-0.4, -0.2) is 29.3 Å². The van der Waals surface area contributed by atoms with Crippen molar-refractivity contribution in [3.63, 3.8) is 0 Å². The van der Waals surface area contributed by atoms with Gasteiger partial charge in [0, 0.05) is 19.1 Å². The van der Waals surface area contributed by atoms with E-state index in [1.807, 2.05) is 20.8 Å². The van der Waals surface area contributed by atoms with Crippen molar-refractivity contribution in [2.24, 2.45) is 0 Å². The predicted octanol–water partition coefficient (Wildman–Crippen LogP) is 1.88. The summed E-state index contributed by atoms with van der Waals surface area (Å²) in [7, 11) is 0. The van der Waals surface area contributed by atoms with Crippen LogP contribution in [0.25, 0.3) is 0 Å². The Kier molecular flexibility index (Phi) is 5.08. The van der Waals surface area contributed by atoms with Crippen molar-refractivity contribution in [1.29, 1.82) is 0 Å². The Hall–Kier alpha value is -0.940. The molecule has 0 aliphatic rings.